The van der Waals surface area contributed by atoms with E-state index >= 15 is 0 Å². The number of carbonyl (C=O) groups is 1. The van der Waals surface area contributed by atoms with Crippen LogP contribution in [0.2, 0.25) is 0 Å². The van der Waals surface area contributed by atoms with Gasteiger partial charge in [0.15, 0.2) is 6.61 Å². The standard InChI is InChI=1S/C24H21NO5S/c1-16-24(30-17-6-3-2-4-7-17)23(27)20-10-9-18(14-21(20)29-16)28-15-22(26)25-12-11-19-8-5-13-31-19/h2-10,13-14H,11-12,15H2,1H3,(H,25,26). The zero-order chi connectivity index (χ0) is 21.6. The van der Waals surface area contributed by atoms with Gasteiger partial charge in [0, 0.05) is 17.5 Å². The Labute approximate surface area is 183 Å². The van der Waals surface area contributed by atoms with Crippen LogP contribution in [0.3, 0.4) is 0 Å². The van der Waals surface area contributed by atoms with Gasteiger partial charge < -0.3 is 19.2 Å². The number of fused-ring (bicyclic) bond motifs is 1. The minimum Gasteiger partial charge on any atom is -0.484 e. The van der Waals surface area contributed by atoms with Crippen molar-refractivity contribution >= 4 is 28.2 Å². The third-order valence-corrected chi connectivity index (χ3v) is 5.53. The lowest BCUT2D eigenvalue weighted by molar-refractivity contribution is -0.123. The van der Waals surface area contributed by atoms with Crippen LogP contribution in [0.5, 0.6) is 17.2 Å². The highest BCUT2D eigenvalue weighted by molar-refractivity contribution is 7.09. The van der Waals surface area contributed by atoms with E-state index in [0.717, 1.165) is 6.42 Å². The topological polar surface area (TPSA) is 77.8 Å². The van der Waals surface area contributed by atoms with Crippen molar-refractivity contribution in [2.45, 2.75) is 13.3 Å². The van der Waals surface area contributed by atoms with Crippen molar-refractivity contribution < 1.29 is 18.7 Å². The first kappa shape index (κ1) is 20.7. The Morgan fingerprint density at radius 1 is 1.06 bits per heavy atom. The van der Waals surface area contributed by atoms with Gasteiger partial charge in [-0.15, -0.1) is 11.3 Å². The molecule has 6 nitrogen and oxygen atoms in total. The lowest BCUT2D eigenvalue weighted by Gasteiger charge is -2.10. The molecule has 0 unspecified atom stereocenters. The van der Waals surface area contributed by atoms with Crippen molar-refractivity contribution in [3.63, 3.8) is 0 Å². The third-order valence-electron chi connectivity index (χ3n) is 4.59. The summed E-state index contributed by atoms with van der Waals surface area (Å²) in [6, 6.07) is 17.9. The molecule has 2 aromatic heterocycles. The van der Waals surface area contributed by atoms with E-state index in [1.165, 1.54) is 4.88 Å². The lowest BCUT2D eigenvalue weighted by atomic mass is 10.2. The maximum atomic E-state index is 12.9. The summed E-state index contributed by atoms with van der Waals surface area (Å²) >= 11 is 1.66. The van der Waals surface area contributed by atoms with Crippen LogP contribution in [0.25, 0.3) is 11.0 Å². The molecule has 2 heterocycles. The summed E-state index contributed by atoms with van der Waals surface area (Å²) in [7, 11) is 0. The predicted octanol–water partition coefficient (Wildman–Crippen LogP) is 4.69. The van der Waals surface area contributed by atoms with Gasteiger partial charge in [0.25, 0.3) is 5.91 Å². The molecular formula is C24H21NO5S. The van der Waals surface area contributed by atoms with Crippen LogP contribution in [0, 0.1) is 6.92 Å². The van der Waals surface area contributed by atoms with Crippen LogP contribution in [0.4, 0.5) is 0 Å². The first-order valence-electron chi connectivity index (χ1n) is 9.82. The largest absolute Gasteiger partial charge is 0.484 e. The first-order valence-corrected chi connectivity index (χ1v) is 10.7. The van der Waals surface area contributed by atoms with Crippen LogP contribution >= 0.6 is 11.3 Å². The van der Waals surface area contributed by atoms with Crippen molar-refractivity contribution in [3.8, 4) is 17.2 Å². The second kappa shape index (κ2) is 9.49. The van der Waals surface area contributed by atoms with E-state index in [1.807, 2.05) is 35.7 Å². The Morgan fingerprint density at radius 3 is 2.68 bits per heavy atom. The second-order valence-electron chi connectivity index (χ2n) is 6.86. The fourth-order valence-electron chi connectivity index (χ4n) is 3.06. The van der Waals surface area contributed by atoms with Crippen LogP contribution in [0.15, 0.2) is 75.3 Å². The van der Waals surface area contributed by atoms with Crippen molar-refractivity contribution in [1.82, 2.24) is 5.32 Å². The van der Waals surface area contributed by atoms with Crippen molar-refractivity contribution in [3.05, 3.63) is 86.9 Å². The highest BCUT2D eigenvalue weighted by Gasteiger charge is 2.15. The highest BCUT2D eigenvalue weighted by Crippen LogP contribution is 2.27. The summed E-state index contributed by atoms with van der Waals surface area (Å²) in [4.78, 5) is 26.1. The van der Waals surface area contributed by atoms with Gasteiger partial charge in [0.2, 0.25) is 11.2 Å². The summed E-state index contributed by atoms with van der Waals surface area (Å²) in [5, 5.41) is 5.22. The van der Waals surface area contributed by atoms with Crippen LogP contribution in [-0.4, -0.2) is 19.1 Å². The van der Waals surface area contributed by atoms with Gasteiger partial charge in [0.05, 0.1) is 5.39 Å². The molecule has 31 heavy (non-hydrogen) atoms. The van der Waals surface area contributed by atoms with Gasteiger partial charge >= 0.3 is 0 Å². The summed E-state index contributed by atoms with van der Waals surface area (Å²) in [5.41, 5.74) is 0.110. The Hall–Kier alpha value is -3.58. The number of amides is 1. The number of thiophene rings is 1. The van der Waals surface area contributed by atoms with Gasteiger partial charge in [-0.3, -0.25) is 9.59 Å². The van der Waals surface area contributed by atoms with Crippen molar-refractivity contribution in [2.24, 2.45) is 0 Å². The molecule has 0 saturated carbocycles. The Bertz CT molecular complexity index is 1230. The molecule has 158 valence electrons. The molecule has 4 aromatic rings. The number of para-hydroxylation sites is 1. The van der Waals surface area contributed by atoms with E-state index in [-0.39, 0.29) is 23.7 Å². The van der Waals surface area contributed by atoms with Crippen molar-refractivity contribution in [2.75, 3.05) is 13.2 Å². The third kappa shape index (κ3) is 5.13. The molecule has 0 aliphatic rings. The molecule has 1 N–H and O–H groups in total. The smallest absolute Gasteiger partial charge is 0.257 e. The minimum absolute atomic E-state index is 0.117. The van der Waals surface area contributed by atoms with Gasteiger partial charge in [0.1, 0.15) is 22.8 Å². The Kier molecular flexibility index (Phi) is 6.33. The van der Waals surface area contributed by atoms with E-state index < -0.39 is 0 Å². The van der Waals surface area contributed by atoms with Crippen LogP contribution < -0.4 is 20.2 Å². The van der Waals surface area contributed by atoms with E-state index in [1.54, 1.807) is 48.6 Å². The molecule has 0 saturated heterocycles. The van der Waals surface area contributed by atoms with E-state index in [4.69, 9.17) is 13.9 Å². The molecule has 0 spiro atoms. The monoisotopic (exact) mass is 435 g/mol. The zero-order valence-electron chi connectivity index (χ0n) is 16.9. The van der Waals surface area contributed by atoms with Gasteiger partial charge in [-0.05, 0) is 49.1 Å². The number of aryl methyl sites for hydroxylation is 1. The molecule has 7 heteroatoms. The van der Waals surface area contributed by atoms with Crippen molar-refractivity contribution in [1.29, 1.82) is 0 Å². The molecule has 0 fully saturated rings. The van der Waals surface area contributed by atoms with Gasteiger partial charge in [-0.1, -0.05) is 24.3 Å². The molecule has 2 aromatic carbocycles. The average molecular weight is 436 g/mol. The normalized spacial score (nSPS) is 10.7. The summed E-state index contributed by atoms with van der Waals surface area (Å²) in [5.74, 6) is 1.31. The second-order valence-corrected chi connectivity index (χ2v) is 7.89. The Balaban J connectivity index is 1.41. The first-order chi connectivity index (χ1) is 15.1. The molecule has 0 aliphatic heterocycles. The highest BCUT2D eigenvalue weighted by atomic mass is 32.1. The fourth-order valence-corrected chi connectivity index (χ4v) is 3.77. The molecule has 0 bridgehead atoms. The minimum atomic E-state index is -0.263. The molecule has 1 amide bonds. The lowest BCUT2D eigenvalue weighted by Crippen LogP contribution is -2.30. The van der Waals surface area contributed by atoms with Crippen LogP contribution in [-0.2, 0) is 11.2 Å². The number of hydrogen-bond acceptors (Lipinski definition) is 6. The van der Waals surface area contributed by atoms with Gasteiger partial charge in [-0.25, -0.2) is 0 Å². The summed E-state index contributed by atoms with van der Waals surface area (Å²) < 4.78 is 17.1. The maximum Gasteiger partial charge on any atom is 0.257 e. The van der Waals surface area contributed by atoms with Gasteiger partial charge in [-0.2, -0.15) is 0 Å². The summed E-state index contributed by atoms with van der Waals surface area (Å²) in [6.07, 6.45) is 0.789. The fraction of sp³-hybridized carbons (Fsp3) is 0.167. The maximum absolute atomic E-state index is 12.9. The zero-order valence-corrected chi connectivity index (χ0v) is 17.7. The quantitative estimate of drug-likeness (QED) is 0.434. The number of benzene rings is 2. The Morgan fingerprint density at radius 2 is 1.90 bits per heavy atom. The SMILES string of the molecule is Cc1oc2cc(OCC(=O)NCCc3cccs3)ccc2c(=O)c1Oc1ccccc1. The molecule has 0 aliphatic carbocycles. The van der Waals surface area contributed by atoms with E-state index in [9.17, 15) is 9.59 Å². The predicted molar refractivity (Wildman–Crippen MR) is 120 cm³/mol. The average Bonchev–Trinajstić information content (AvgIpc) is 3.29. The molecular weight excluding hydrogens is 414 g/mol. The number of nitrogens with one attached hydrogen (secondary N) is 1. The summed E-state index contributed by atoms with van der Waals surface area (Å²) in [6.45, 7) is 2.11. The molecule has 4 rings (SSSR count). The number of ether oxygens (including phenoxy) is 2. The van der Waals surface area contributed by atoms with E-state index in [2.05, 4.69) is 5.32 Å². The van der Waals surface area contributed by atoms with E-state index in [0.29, 0.717) is 34.8 Å². The van der Waals surface area contributed by atoms with Crippen LogP contribution in [0.1, 0.15) is 10.6 Å². The number of carbonyl (C=O) groups excluding carboxylic acids is 1. The number of hydrogen-bond donors (Lipinski definition) is 1. The molecule has 0 radical (unpaired) electrons. The number of rotatable bonds is 8. The molecule has 0 atom stereocenters.